The third-order valence-corrected chi connectivity index (χ3v) is 5.78. The van der Waals surface area contributed by atoms with Crippen molar-refractivity contribution in [2.45, 2.75) is 19.0 Å². The van der Waals surface area contributed by atoms with Crippen molar-refractivity contribution in [3.8, 4) is 27.8 Å². The minimum Gasteiger partial charge on any atom is -0.496 e. The lowest BCUT2D eigenvalue weighted by molar-refractivity contribution is -0.137. The molecular weight excluding hydrogens is 457 g/mol. The van der Waals surface area contributed by atoms with E-state index in [9.17, 15) is 18.0 Å². The Morgan fingerprint density at radius 3 is 2.36 bits per heavy atom. The van der Waals surface area contributed by atoms with Gasteiger partial charge in [0.15, 0.2) is 0 Å². The first kappa shape index (κ1) is 24.4. The van der Waals surface area contributed by atoms with E-state index in [-0.39, 0.29) is 12.3 Å². The average molecular weight is 481 g/mol. The monoisotopic (exact) mass is 480 g/mol. The Kier molecular flexibility index (Phi) is 7.80. The van der Waals surface area contributed by atoms with Gasteiger partial charge >= 0.3 is 6.18 Å². The summed E-state index contributed by atoms with van der Waals surface area (Å²) in [6.07, 6.45) is -3.94. The highest BCUT2D eigenvalue weighted by Gasteiger charge is 2.30. The highest BCUT2D eigenvalue weighted by Crippen LogP contribution is 2.35. The standard InChI is InChI=1S/C23H23F3N2O4S/c1-30-17-11-19(31-2)18(20(12-17)32-3)7-8-27-21(29)10-16-13-33-22(28-16)14-5-4-6-15(9-14)23(24,25)26/h4-6,9,11-13H,7-8,10H2,1-3H3,(H,27,29). The van der Waals surface area contributed by atoms with Crippen molar-refractivity contribution in [2.24, 2.45) is 0 Å². The molecule has 3 rings (SSSR count). The number of carbonyl (C=O) groups is 1. The fourth-order valence-electron chi connectivity index (χ4n) is 3.23. The largest absolute Gasteiger partial charge is 0.496 e. The molecular formula is C23H23F3N2O4S. The minimum atomic E-state index is -4.43. The second kappa shape index (κ2) is 10.6. The maximum Gasteiger partial charge on any atom is 0.416 e. The van der Waals surface area contributed by atoms with Crippen LogP contribution in [0.15, 0.2) is 41.8 Å². The molecule has 33 heavy (non-hydrogen) atoms. The molecule has 1 aromatic heterocycles. The van der Waals surface area contributed by atoms with E-state index in [0.29, 0.717) is 46.5 Å². The van der Waals surface area contributed by atoms with Crippen molar-refractivity contribution in [1.82, 2.24) is 10.3 Å². The number of nitrogens with one attached hydrogen (secondary N) is 1. The topological polar surface area (TPSA) is 69.7 Å². The van der Waals surface area contributed by atoms with Gasteiger partial charge in [-0.3, -0.25) is 4.79 Å². The molecule has 176 valence electrons. The van der Waals surface area contributed by atoms with Gasteiger partial charge in [-0.1, -0.05) is 12.1 Å². The molecule has 0 aliphatic carbocycles. The highest BCUT2D eigenvalue weighted by atomic mass is 32.1. The van der Waals surface area contributed by atoms with Crippen LogP contribution in [-0.2, 0) is 23.8 Å². The molecule has 0 aliphatic heterocycles. The lowest BCUT2D eigenvalue weighted by Gasteiger charge is -2.15. The summed E-state index contributed by atoms with van der Waals surface area (Å²) in [6, 6.07) is 8.45. The first-order valence-corrected chi connectivity index (χ1v) is 10.8. The van der Waals surface area contributed by atoms with Gasteiger partial charge in [0.05, 0.1) is 39.0 Å². The molecule has 0 saturated heterocycles. The van der Waals surface area contributed by atoms with Gasteiger partial charge in [0.1, 0.15) is 22.3 Å². The van der Waals surface area contributed by atoms with Crippen molar-refractivity contribution in [3.63, 3.8) is 0 Å². The summed E-state index contributed by atoms with van der Waals surface area (Å²) < 4.78 is 54.9. The predicted octanol–water partition coefficient (Wildman–Crippen LogP) is 4.76. The van der Waals surface area contributed by atoms with Crippen LogP contribution in [0.1, 0.15) is 16.8 Å². The molecule has 10 heteroatoms. The molecule has 1 amide bonds. The first-order valence-electron chi connectivity index (χ1n) is 9.92. The molecule has 0 radical (unpaired) electrons. The molecule has 1 heterocycles. The summed E-state index contributed by atoms with van der Waals surface area (Å²) in [5.74, 6) is 1.52. The van der Waals surface area contributed by atoms with Crippen LogP contribution >= 0.6 is 11.3 Å². The number of thiazole rings is 1. The summed E-state index contributed by atoms with van der Waals surface area (Å²) in [6.45, 7) is 0.336. The van der Waals surface area contributed by atoms with Crippen molar-refractivity contribution in [3.05, 3.63) is 58.6 Å². The van der Waals surface area contributed by atoms with Gasteiger partial charge in [-0.2, -0.15) is 13.2 Å². The molecule has 0 spiro atoms. The second-order valence-electron chi connectivity index (χ2n) is 7.01. The number of rotatable bonds is 9. The predicted molar refractivity (Wildman–Crippen MR) is 119 cm³/mol. The summed E-state index contributed by atoms with van der Waals surface area (Å²) in [4.78, 5) is 16.7. The van der Waals surface area contributed by atoms with Crippen LogP contribution in [-0.4, -0.2) is 38.8 Å². The highest BCUT2D eigenvalue weighted by molar-refractivity contribution is 7.13. The molecule has 6 nitrogen and oxygen atoms in total. The number of benzene rings is 2. The third kappa shape index (κ3) is 6.16. The van der Waals surface area contributed by atoms with Gasteiger partial charge in [0.2, 0.25) is 5.91 Å². The lowest BCUT2D eigenvalue weighted by atomic mass is 10.1. The van der Waals surface area contributed by atoms with E-state index in [0.717, 1.165) is 17.7 Å². The van der Waals surface area contributed by atoms with Crippen LogP contribution in [0.2, 0.25) is 0 Å². The maximum absolute atomic E-state index is 12.9. The third-order valence-electron chi connectivity index (χ3n) is 4.84. The van der Waals surface area contributed by atoms with Crippen molar-refractivity contribution < 1.29 is 32.2 Å². The molecule has 0 aliphatic rings. The van der Waals surface area contributed by atoms with E-state index in [2.05, 4.69) is 10.3 Å². The van der Waals surface area contributed by atoms with Crippen LogP contribution in [0.25, 0.3) is 10.6 Å². The van der Waals surface area contributed by atoms with Gasteiger partial charge in [-0.05, 0) is 18.6 Å². The summed E-state index contributed by atoms with van der Waals surface area (Å²) in [5.41, 5.74) is 0.908. The average Bonchev–Trinajstić information content (AvgIpc) is 3.26. The quantitative estimate of drug-likeness (QED) is 0.479. The van der Waals surface area contributed by atoms with Gasteiger partial charge in [0, 0.05) is 35.2 Å². The zero-order valence-electron chi connectivity index (χ0n) is 18.3. The second-order valence-corrected chi connectivity index (χ2v) is 7.87. The number of nitrogens with zero attached hydrogens (tertiary/aromatic N) is 1. The van der Waals surface area contributed by atoms with Crippen LogP contribution in [0, 0.1) is 0 Å². The summed E-state index contributed by atoms with van der Waals surface area (Å²) in [5, 5.41) is 4.92. The molecule has 0 bridgehead atoms. The number of hydrogen-bond acceptors (Lipinski definition) is 6. The van der Waals surface area contributed by atoms with Crippen molar-refractivity contribution >= 4 is 17.2 Å². The molecule has 0 saturated carbocycles. The molecule has 3 aromatic rings. The van der Waals surface area contributed by atoms with Crippen LogP contribution in [0.3, 0.4) is 0 Å². The van der Waals surface area contributed by atoms with E-state index in [1.165, 1.54) is 17.4 Å². The van der Waals surface area contributed by atoms with E-state index in [4.69, 9.17) is 14.2 Å². The summed E-state index contributed by atoms with van der Waals surface area (Å²) in [7, 11) is 4.63. The Morgan fingerprint density at radius 1 is 1.06 bits per heavy atom. The molecule has 2 aromatic carbocycles. The van der Waals surface area contributed by atoms with Crippen molar-refractivity contribution in [1.29, 1.82) is 0 Å². The number of ether oxygens (including phenoxy) is 3. The van der Waals surface area contributed by atoms with E-state index in [1.54, 1.807) is 44.9 Å². The summed E-state index contributed by atoms with van der Waals surface area (Å²) >= 11 is 1.19. The number of alkyl halides is 3. The van der Waals surface area contributed by atoms with Crippen LogP contribution < -0.4 is 19.5 Å². The van der Waals surface area contributed by atoms with E-state index >= 15 is 0 Å². The Labute approximate surface area is 193 Å². The smallest absolute Gasteiger partial charge is 0.416 e. The number of aromatic nitrogens is 1. The van der Waals surface area contributed by atoms with E-state index < -0.39 is 11.7 Å². The van der Waals surface area contributed by atoms with Gasteiger partial charge in [-0.25, -0.2) is 4.98 Å². The fraction of sp³-hybridized carbons (Fsp3) is 0.304. The molecule has 0 fully saturated rings. The zero-order chi connectivity index (χ0) is 24.0. The Morgan fingerprint density at radius 2 is 1.76 bits per heavy atom. The number of halogens is 3. The van der Waals surface area contributed by atoms with Crippen molar-refractivity contribution in [2.75, 3.05) is 27.9 Å². The Hall–Kier alpha value is -3.27. The zero-order valence-corrected chi connectivity index (χ0v) is 19.1. The normalized spacial score (nSPS) is 11.2. The van der Waals surface area contributed by atoms with Gasteiger partial charge in [0.25, 0.3) is 0 Å². The SMILES string of the molecule is COc1cc(OC)c(CCNC(=O)Cc2csc(-c3cccc(C(F)(F)F)c3)n2)c(OC)c1. The molecule has 0 atom stereocenters. The van der Waals surface area contributed by atoms with Gasteiger partial charge < -0.3 is 19.5 Å². The molecule has 1 N–H and O–H groups in total. The maximum atomic E-state index is 12.9. The van der Waals surface area contributed by atoms with Gasteiger partial charge in [-0.15, -0.1) is 11.3 Å². The lowest BCUT2D eigenvalue weighted by Crippen LogP contribution is -2.27. The Balaban J connectivity index is 1.61. The van der Waals surface area contributed by atoms with Crippen LogP contribution in [0.5, 0.6) is 17.2 Å². The first-order chi connectivity index (χ1) is 15.7. The fourth-order valence-corrected chi connectivity index (χ4v) is 4.04. The number of hydrogen-bond donors (Lipinski definition) is 1. The number of methoxy groups -OCH3 is 3. The number of carbonyl (C=O) groups excluding carboxylic acids is 1. The minimum absolute atomic E-state index is 0.0202. The number of amides is 1. The van der Waals surface area contributed by atoms with E-state index in [1.807, 2.05) is 0 Å². The van der Waals surface area contributed by atoms with Crippen LogP contribution in [0.4, 0.5) is 13.2 Å². The molecule has 0 unspecified atom stereocenters. The Bertz CT molecular complexity index is 1090.